The van der Waals surface area contributed by atoms with Crippen molar-refractivity contribution in [2.45, 2.75) is 31.9 Å². The number of hydrogen-bond donors (Lipinski definition) is 1. The number of rotatable bonds is 8. The second-order valence-electron chi connectivity index (χ2n) is 10.1. The molecule has 4 nitrogen and oxygen atoms in total. The number of halogens is 2. The number of hydrogen-bond acceptors (Lipinski definition) is 4. The van der Waals surface area contributed by atoms with E-state index in [9.17, 15) is 0 Å². The molecule has 2 aliphatic rings. The molecule has 0 aromatic heterocycles. The molecule has 1 aliphatic carbocycles. The normalized spacial score (nSPS) is 19.2. The van der Waals surface area contributed by atoms with Crippen LogP contribution in [-0.2, 0) is 6.61 Å². The summed E-state index contributed by atoms with van der Waals surface area (Å²) in [5.74, 6) is 2.06. The van der Waals surface area contributed by atoms with Gasteiger partial charge in [-0.05, 0) is 84.0 Å². The maximum Gasteiger partial charge on any atom is 0.180 e. The van der Waals surface area contributed by atoms with Gasteiger partial charge in [-0.3, -0.25) is 4.99 Å². The first-order valence-corrected chi connectivity index (χ1v) is 14.3. The van der Waals surface area contributed by atoms with Gasteiger partial charge in [-0.15, -0.1) is 0 Å². The predicted octanol–water partition coefficient (Wildman–Crippen LogP) is 9.55. The predicted molar refractivity (Wildman–Crippen MR) is 165 cm³/mol. The number of anilines is 1. The third-order valence-corrected chi connectivity index (χ3v) is 8.01. The van der Waals surface area contributed by atoms with Crippen molar-refractivity contribution in [2.24, 2.45) is 10.9 Å². The van der Waals surface area contributed by atoms with E-state index in [1.807, 2.05) is 43.3 Å². The number of nitrogens with zero attached hydrogens (tertiary/aromatic N) is 1. The van der Waals surface area contributed by atoms with Crippen molar-refractivity contribution >= 4 is 40.8 Å². The minimum atomic E-state index is 0.264. The standard InChI is InChI=1S/C34H30Cl2N2O2/c1-2-39-32-19-23(18-30(36)34(32)40-21-22-7-5-8-25(35)17-22)20-37-26-15-13-24(14-16-26)33-29-11-6-10-27(29)28-9-3-4-12-31(28)38-33/h3-10,12-20,27,29,33,38H,2,11,21H2,1H3/t27-,29-,33-/m0/s1. The Labute approximate surface area is 245 Å². The summed E-state index contributed by atoms with van der Waals surface area (Å²) in [7, 11) is 0. The highest BCUT2D eigenvalue weighted by molar-refractivity contribution is 6.32. The van der Waals surface area contributed by atoms with E-state index < -0.39 is 0 Å². The molecule has 0 fully saturated rings. The van der Waals surface area contributed by atoms with Crippen LogP contribution in [0.1, 0.15) is 47.6 Å². The molecule has 4 aromatic rings. The van der Waals surface area contributed by atoms with E-state index in [1.165, 1.54) is 16.8 Å². The fraction of sp³-hybridized carbons (Fsp3) is 0.206. The third-order valence-electron chi connectivity index (χ3n) is 7.49. The summed E-state index contributed by atoms with van der Waals surface area (Å²) < 4.78 is 11.9. The third kappa shape index (κ3) is 5.60. The van der Waals surface area contributed by atoms with Gasteiger partial charge >= 0.3 is 0 Å². The van der Waals surface area contributed by atoms with Crippen LogP contribution in [0.3, 0.4) is 0 Å². The molecule has 0 radical (unpaired) electrons. The molecule has 0 saturated heterocycles. The highest BCUT2D eigenvalue weighted by atomic mass is 35.5. The average Bonchev–Trinajstić information content (AvgIpc) is 3.46. The molecule has 3 atom stereocenters. The van der Waals surface area contributed by atoms with Gasteiger partial charge in [0, 0.05) is 22.8 Å². The lowest BCUT2D eigenvalue weighted by atomic mass is 9.77. The van der Waals surface area contributed by atoms with E-state index in [2.05, 4.69) is 66.0 Å². The summed E-state index contributed by atoms with van der Waals surface area (Å²) in [4.78, 5) is 4.71. The van der Waals surface area contributed by atoms with Crippen LogP contribution in [0.25, 0.3) is 0 Å². The molecule has 1 N–H and O–H groups in total. The van der Waals surface area contributed by atoms with Crippen molar-refractivity contribution in [3.8, 4) is 11.5 Å². The first kappa shape index (κ1) is 26.5. The van der Waals surface area contributed by atoms with Crippen LogP contribution in [0.2, 0.25) is 10.0 Å². The van der Waals surface area contributed by atoms with Gasteiger partial charge in [0.25, 0.3) is 0 Å². The fourth-order valence-electron chi connectivity index (χ4n) is 5.64. The summed E-state index contributed by atoms with van der Waals surface area (Å²) in [6.45, 7) is 2.75. The molecular formula is C34H30Cl2N2O2. The SMILES string of the molecule is CCOc1cc(C=Nc2ccc([C@@H]3Nc4ccccc4[C@@H]4C=CC[C@@H]43)cc2)cc(Cl)c1OCc1cccc(Cl)c1. The van der Waals surface area contributed by atoms with Crippen molar-refractivity contribution in [1.82, 2.24) is 0 Å². The maximum absolute atomic E-state index is 6.63. The maximum atomic E-state index is 6.63. The molecule has 4 aromatic carbocycles. The quantitative estimate of drug-likeness (QED) is 0.170. The van der Waals surface area contributed by atoms with Crippen molar-refractivity contribution in [2.75, 3.05) is 11.9 Å². The van der Waals surface area contributed by atoms with Crippen molar-refractivity contribution < 1.29 is 9.47 Å². The van der Waals surface area contributed by atoms with E-state index in [0.717, 1.165) is 23.2 Å². The monoisotopic (exact) mass is 568 g/mol. The van der Waals surface area contributed by atoms with Crippen LogP contribution < -0.4 is 14.8 Å². The fourth-order valence-corrected chi connectivity index (χ4v) is 6.12. The topological polar surface area (TPSA) is 42.8 Å². The van der Waals surface area contributed by atoms with Crippen LogP contribution in [0.4, 0.5) is 11.4 Å². The van der Waals surface area contributed by atoms with Gasteiger partial charge in [-0.2, -0.15) is 0 Å². The average molecular weight is 570 g/mol. The molecule has 0 saturated carbocycles. The molecule has 0 bridgehead atoms. The van der Waals surface area contributed by atoms with Crippen molar-refractivity contribution in [3.63, 3.8) is 0 Å². The number of aliphatic imine (C=N–C) groups is 1. The zero-order valence-electron chi connectivity index (χ0n) is 22.2. The number of para-hydroxylation sites is 1. The van der Waals surface area contributed by atoms with Crippen molar-refractivity contribution in [1.29, 1.82) is 0 Å². The molecule has 0 amide bonds. The van der Waals surface area contributed by atoms with Gasteiger partial charge in [0.05, 0.1) is 23.4 Å². The summed E-state index contributed by atoms with van der Waals surface area (Å²) in [5, 5.41) is 4.92. The number of ether oxygens (including phenoxy) is 2. The first-order chi connectivity index (χ1) is 19.6. The molecule has 6 heteroatoms. The van der Waals surface area contributed by atoms with Gasteiger partial charge in [0.2, 0.25) is 0 Å². The van der Waals surface area contributed by atoms with Crippen molar-refractivity contribution in [3.05, 3.63) is 129 Å². The summed E-state index contributed by atoms with van der Waals surface area (Å²) >= 11 is 12.7. The molecule has 6 rings (SSSR count). The molecule has 1 heterocycles. The lowest BCUT2D eigenvalue weighted by Gasteiger charge is -2.37. The van der Waals surface area contributed by atoms with Gasteiger partial charge in [-0.1, -0.05) is 77.8 Å². The Kier molecular flexibility index (Phi) is 7.81. The lowest BCUT2D eigenvalue weighted by molar-refractivity contribution is 0.269. The van der Waals surface area contributed by atoms with Gasteiger partial charge < -0.3 is 14.8 Å². The zero-order chi connectivity index (χ0) is 27.5. The Balaban J connectivity index is 1.18. The summed E-state index contributed by atoms with van der Waals surface area (Å²) in [5.41, 5.74) is 6.55. The number of allylic oxidation sites excluding steroid dienone is 2. The highest BCUT2D eigenvalue weighted by Gasteiger charge is 2.37. The van der Waals surface area contributed by atoms with Gasteiger partial charge in [0.1, 0.15) is 6.61 Å². The Morgan fingerprint density at radius 1 is 0.950 bits per heavy atom. The van der Waals surface area contributed by atoms with E-state index in [-0.39, 0.29) is 6.04 Å². The van der Waals surface area contributed by atoms with Crippen LogP contribution >= 0.6 is 23.2 Å². The molecule has 0 unspecified atom stereocenters. The van der Waals surface area contributed by atoms with Crippen LogP contribution in [0, 0.1) is 5.92 Å². The van der Waals surface area contributed by atoms with Crippen LogP contribution in [0.15, 0.2) is 102 Å². The number of fused-ring (bicyclic) bond motifs is 3. The van der Waals surface area contributed by atoms with Gasteiger partial charge in [-0.25, -0.2) is 0 Å². The van der Waals surface area contributed by atoms with E-state index >= 15 is 0 Å². The van der Waals surface area contributed by atoms with E-state index in [0.29, 0.717) is 46.6 Å². The summed E-state index contributed by atoms with van der Waals surface area (Å²) in [6, 6.07) is 28.7. The molecule has 0 spiro atoms. The zero-order valence-corrected chi connectivity index (χ0v) is 23.7. The van der Waals surface area contributed by atoms with E-state index in [4.69, 9.17) is 37.7 Å². The number of nitrogens with one attached hydrogen (secondary N) is 1. The minimum Gasteiger partial charge on any atom is -0.490 e. The number of benzene rings is 4. The largest absolute Gasteiger partial charge is 0.490 e. The molecule has 1 aliphatic heterocycles. The Morgan fingerprint density at radius 2 is 1.80 bits per heavy atom. The second-order valence-corrected chi connectivity index (χ2v) is 10.9. The van der Waals surface area contributed by atoms with E-state index in [1.54, 1.807) is 6.21 Å². The Hall–Kier alpha value is -3.73. The first-order valence-electron chi connectivity index (χ1n) is 13.6. The second kappa shape index (κ2) is 11.8. The highest BCUT2D eigenvalue weighted by Crippen LogP contribution is 2.49. The molecule has 40 heavy (non-hydrogen) atoms. The van der Waals surface area contributed by atoms with Crippen LogP contribution in [0.5, 0.6) is 11.5 Å². The lowest BCUT2D eigenvalue weighted by Crippen LogP contribution is -2.28. The minimum absolute atomic E-state index is 0.264. The van der Waals surface area contributed by atoms with Crippen LogP contribution in [-0.4, -0.2) is 12.8 Å². The Morgan fingerprint density at radius 3 is 2.62 bits per heavy atom. The molecular weight excluding hydrogens is 539 g/mol. The molecule has 202 valence electrons. The summed E-state index contributed by atoms with van der Waals surface area (Å²) in [6.07, 6.45) is 7.57. The smallest absolute Gasteiger partial charge is 0.180 e. The van der Waals surface area contributed by atoms with Gasteiger partial charge in [0.15, 0.2) is 11.5 Å². The Bertz CT molecular complexity index is 1560.